The van der Waals surface area contributed by atoms with Crippen LogP contribution in [0, 0.1) is 0 Å². The Hall–Kier alpha value is -1.91. The lowest BCUT2D eigenvalue weighted by Gasteiger charge is -2.20. The van der Waals surface area contributed by atoms with Crippen molar-refractivity contribution in [3.63, 3.8) is 0 Å². The zero-order valence-electron chi connectivity index (χ0n) is 10.0. The maximum atomic E-state index is 12.1. The van der Waals surface area contributed by atoms with Crippen molar-refractivity contribution in [2.45, 2.75) is 20.3 Å². The molecule has 0 aliphatic rings. The third-order valence-electron chi connectivity index (χ3n) is 2.40. The maximum absolute atomic E-state index is 12.1. The minimum absolute atomic E-state index is 0.00954. The summed E-state index contributed by atoms with van der Waals surface area (Å²) < 4.78 is 0. The van der Waals surface area contributed by atoms with Gasteiger partial charge in [0, 0.05) is 19.3 Å². The van der Waals surface area contributed by atoms with Crippen LogP contribution >= 0.6 is 0 Å². The first-order valence-corrected chi connectivity index (χ1v) is 5.59. The second-order valence-corrected chi connectivity index (χ2v) is 3.59. The number of carboxylic acid groups (broad SMARTS) is 1. The Labute approximate surface area is 100 Å². The number of carbonyl (C=O) groups is 2. The summed E-state index contributed by atoms with van der Waals surface area (Å²) in [6.07, 6.45) is 2.26. The van der Waals surface area contributed by atoms with Crippen LogP contribution in [0.5, 0.6) is 0 Å². The van der Waals surface area contributed by atoms with Gasteiger partial charge in [-0.1, -0.05) is 6.92 Å². The van der Waals surface area contributed by atoms with Gasteiger partial charge < -0.3 is 10.0 Å². The summed E-state index contributed by atoms with van der Waals surface area (Å²) in [6.45, 7) is 4.97. The first-order chi connectivity index (χ1) is 8.11. The molecule has 0 aliphatic heterocycles. The summed E-state index contributed by atoms with van der Waals surface area (Å²) in [5.74, 6) is -1.46. The molecular formula is C12H16N2O3. The molecule has 17 heavy (non-hydrogen) atoms. The molecule has 0 radical (unpaired) electrons. The van der Waals surface area contributed by atoms with Gasteiger partial charge in [0.25, 0.3) is 5.91 Å². The van der Waals surface area contributed by atoms with Crippen molar-refractivity contribution in [2.75, 3.05) is 13.1 Å². The number of hydrogen-bond acceptors (Lipinski definition) is 3. The quantitative estimate of drug-likeness (QED) is 0.843. The predicted molar refractivity (Wildman–Crippen MR) is 63.1 cm³/mol. The van der Waals surface area contributed by atoms with Gasteiger partial charge in [-0.05, 0) is 25.5 Å². The standard InChI is InChI=1S/C12H16N2O3/c1-3-8-14(4-2)11(15)10-9(12(16)17)6-5-7-13-10/h5-7H,3-4,8H2,1-2H3,(H,16,17). The summed E-state index contributed by atoms with van der Waals surface area (Å²) >= 11 is 0. The molecule has 1 N–H and O–H groups in total. The van der Waals surface area contributed by atoms with Gasteiger partial charge in [-0.25, -0.2) is 4.79 Å². The van der Waals surface area contributed by atoms with E-state index in [-0.39, 0.29) is 17.2 Å². The Morgan fingerprint density at radius 3 is 2.65 bits per heavy atom. The normalized spacial score (nSPS) is 10.0. The number of aromatic nitrogens is 1. The average molecular weight is 236 g/mol. The van der Waals surface area contributed by atoms with Crippen LogP contribution in [0.1, 0.15) is 41.1 Å². The SMILES string of the molecule is CCCN(CC)C(=O)c1ncccc1C(=O)O. The van der Waals surface area contributed by atoms with Crippen LogP contribution in [0.2, 0.25) is 0 Å². The third-order valence-corrected chi connectivity index (χ3v) is 2.40. The highest BCUT2D eigenvalue weighted by molar-refractivity contribution is 6.03. The van der Waals surface area contributed by atoms with Crippen molar-refractivity contribution in [1.29, 1.82) is 0 Å². The average Bonchev–Trinajstić information content (AvgIpc) is 2.35. The van der Waals surface area contributed by atoms with Gasteiger partial charge in [0.2, 0.25) is 0 Å². The number of pyridine rings is 1. The van der Waals surface area contributed by atoms with E-state index in [2.05, 4.69) is 4.98 Å². The van der Waals surface area contributed by atoms with Gasteiger partial charge in [-0.2, -0.15) is 0 Å². The molecule has 0 saturated carbocycles. The van der Waals surface area contributed by atoms with Crippen LogP contribution in [-0.2, 0) is 0 Å². The third kappa shape index (κ3) is 3.03. The predicted octanol–water partition coefficient (Wildman–Crippen LogP) is 1.65. The second-order valence-electron chi connectivity index (χ2n) is 3.59. The van der Waals surface area contributed by atoms with Crippen molar-refractivity contribution < 1.29 is 14.7 Å². The molecule has 0 unspecified atom stereocenters. The largest absolute Gasteiger partial charge is 0.478 e. The molecule has 0 saturated heterocycles. The van der Waals surface area contributed by atoms with E-state index in [4.69, 9.17) is 5.11 Å². The molecule has 5 nitrogen and oxygen atoms in total. The highest BCUT2D eigenvalue weighted by Gasteiger charge is 2.21. The van der Waals surface area contributed by atoms with Gasteiger partial charge >= 0.3 is 5.97 Å². The first kappa shape index (κ1) is 13.2. The number of amides is 1. The fourth-order valence-electron chi connectivity index (χ4n) is 1.57. The van der Waals surface area contributed by atoms with Crippen molar-refractivity contribution in [3.05, 3.63) is 29.6 Å². The van der Waals surface area contributed by atoms with Gasteiger partial charge in [-0.3, -0.25) is 9.78 Å². The summed E-state index contributed by atoms with van der Waals surface area (Å²) in [5.41, 5.74) is -0.0395. The molecular weight excluding hydrogens is 220 g/mol. The Bertz CT molecular complexity index is 418. The van der Waals surface area contributed by atoms with Crippen LogP contribution in [-0.4, -0.2) is 40.0 Å². The van der Waals surface area contributed by atoms with E-state index in [1.54, 1.807) is 4.90 Å². The lowest BCUT2D eigenvalue weighted by molar-refractivity contribution is 0.0674. The van der Waals surface area contributed by atoms with E-state index in [9.17, 15) is 9.59 Å². The number of nitrogens with zero attached hydrogens (tertiary/aromatic N) is 2. The van der Waals surface area contributed by atoms with Gasteiger partial charge in [0.15, 0.2) is 0 Å². The lowest BCUT2D eigenvalue weighted by Crippen LogP contribution is -2.33. The maximum Gasteiger partial charge on any atom is 0.338 e. The molecule has 5 heteroatoms. The van der Waals surface area contributed by atoms with Crippen LogP contribution in [0.4, 0.5) is 0 Å². The molecule has 0 bridgehead atoms. The minimum atomic E-state index is -1.13. The summed E-state index contributed by atoms with van der Waals surface area (Å²) in [5, 5.41) is 8.99. The van der Waals surface area contributed by atoms with E-state index in [0.29, 0.717) is 13.1 Å². The Balaban J connectivity index is 3.06. The van der Waals surface area contributed by atoms with Crippen molar-refractivity contribution >= 4 is 11.9 Å². The molecule has 0 atom stereocenters. The monoisotopic (exact) mass is 236 g/mol. The highest BCUT2D eigenvalue weighted by Crippen LogP contribution is 2.09. The van der Waals surface area contributed by atoms with E-state index >= 15 is 0 Å². The van der Waals surface area contributed by atoms with E-state index in [0.717, 1.165) is 6.42 Å². The molecule has 92 valence electrons. The van der Waals surface area contributed by atoms with Crippen LogP contribution in [0.3, 0.4) is 0 Å². The van der Waals surface area contributed by atoms with Gasteiger partial charge in [0.05, 0.1) is 5.56 Å². The summed E-state index contributed by atoms with van der Waals surface area (Å²) in [7, 11) is 0. The van der Waals surface area contributed by atoms with E-state index in [1.807, 2.05) is 13.8 Å². The lowest BCUT2D eigenvalue weighted by atomic mass is 10.1. The minimum Gasteiger partial charge on any atom is -0.478 e. The molecule has 1 heterocycles. The Morgan fingerprint density at radius 1 is 1.41 bits per heavy atom. The first-order valence-electron chi connectivity index (χ1n) is 5.59. The molecule has 0 aliphatic carbocycles. The Morgan fingerprint density at radius 2 is 2.12 bits per heavy atom. The van der Waals surface area contributed by atoms with Crippen LogP contribution in [0.25, 0.3) is 0 Å². The molecule has 0 spiro atoms. The molecule has 1 aromatic rings. The zero-order valence-corrected chi connectivity index (χ0v) is 10.0. The fourth-order valence-corrected chi connectivity index (χ4v) is 1.57. The number of hydrogen-bond donors (Lipinski definition) is 1. The number of rotatable bonds is 5. The second kappa shape index (κ2) is 5.98. The van der Waals surface area contributed by atoms with Gasteiger partial charge in [0.1, 0.15) is 5.69 Å². The van der Waals surface area contributed by atoms with E-state index in [1.165, 1.54) is 18.3 Å². The van der Waals surface area contributed by atoms with E-state index < -0.39 is 5.97 Å². The zero-order chi connectivity index (χ0) is 12.8. The fraction of sp³-hybridized carbons (Fsp3) is 0.417. The number of aromatic carboxylic acids is 1. The molecule has 1 rings (SSSR count). The number of carboxylic acids is 1. The number of carbonyl (C=O) groups excluding carboxylic acids is 1. The highest BCUT2D eigenvalue weighted by atomic mass is 16.4. The molecule has 1 aromatic heterocycles. The topological polar surface area (TPSA) is 70.5 Å². The molecule has 0 aromatic carbocycles. The smallest absolute Gasteiger partial charge is 0.338 e. The van der Waals surface area contributed by atoms with Crippen LogP contribution < -0.4 is 0 Å². The Kier molecular flexibility index (Phi) is 4.63. The summed E-state index contributed by atoms with van der Waals surface area (Å²) in [6, 6.07) is 2.90. The summed E-state index contributed by atoms with van der Waals surface area (Å²) in [4.78, 5) is 28.5. The van der Waals surface area contributed by atoms with Crippen molar-refractivity contribution in [3.8, 4) is 0 Å². The molecule has 1 amide bonds. The van der Waals surface area contributed by atoms with Crippen molar-refractivity contribution in [1.82, 2.24) is 9.88 Å². The van der Waals surface area contributed by atoms with Crippen LogP contribution in [0.15, 0.2) is 18.3 Å². The van der Waals surface area contributed by atoms with Gasteiger partial charge in [-0.15, -0.1) is 0 Å². The molecule has 0 fully saturated rings. The van der Waals surface area contributed by atoms with Crippen molar-refractivity contribution in [2.24, 2.45) is 0 Å².